The molecule has 5 aromatic rings. The number of benzene rings is 5. The van der Waals surface area contributed by atoms with E-state index < -0.39 is 5.60 Å². The van der Waals surface area contributed by atoms with Crippen LogP contribution >= 0.6 is 0 Å². The van der Waals surface area contributed by atoms with Crippen molar-refractivity contribution in [1.29, 1.82) is 0 Å². The van der Waals surface area contributed by atoms with E-state index in [9.17, 15) is 5.11 Å². The molecule has 1 N–H and O–H groups in total. The molecule has 0 heterocycles. The van der Waals surface area contributed by atoms with Crippen molar-refractivity contribution in [2.24, 2.45) is 0 Å². The average molecular weight is 623 g/mol. The van der Waals surface area contributed by atoms with Crippen LogP contribution in [0.1, 0.15) is 69.5 Å². The van der Waals surface area contributed by atoms with E-state index in [0.29, 0.717) is 6.42 Å². The zero-order valence-electron chi connectivity index (χ0n) is 29.4. The lowest BCUT2D eigenvalue weighted by atomic mass is 9.79. The first-order chi connectivity index (χ1) is 22.5. The minimum atomic E-state index is -1.17. The molecule has 0 bridgehead atoms. The molecule has 5 rings (SSSR count). The number of hydrogen-bond acceptors (Lipinski definition) is 3. The lowest BCUT2D eigenvalue weighted by molar-refractivity contribution is 0.0805. The Balaban J connectivity index is 1.53. The number of anilines is 2. The van der Waals surface area contributed by atoms with Crippen molar-refractivity contribution in [3.63, 3.8) is 0 Å². The summed E-state index contributed by atoms with van der Waals surface area (Å²) in [7, 11) is 4.07. The van der Waals surface area contributed by atoms with Crippen molar-refractivity contribution in [2.75, 3.05) is 37.0 Å². The summed E-state index contributed by atoms with van der Waals surface area (Å²) in [4.78, 5) is 4.46. The van der Waals surface area contributed by atoms with Crippen molar-refractivity contribution < 1.29 is 5.11 Å². The Morgan fingerprint density at radius 1 is 0.660 bits per heavy atom. The van der Waals surface area contributed by atoms with Gasteiger partial charge in [0.2, 0.25) is 0 Å². The second-order valence-corrected chi connectivity index (χ2v) is 13.1. The van der Waals surface area contributed by atoms with Crippen molar-refractivity contribution >= 4 is 23.0 Å². The summed E-state index contributed by atoms with van der Waals surface area (Å²) in [5, 5.41) is 12.5. The Labute approximate surface area is 282 Å². The second kappa shape index (κ2) is 14.4. The van der Waals surface area contributed by atoms with Crippen molar-refractivity contribution in [2.45, 2.75) is 53.6 Å². The zero-order valence-corrected chi connectivity index (χ0v) is 29.4. The van der Waals surface area contributed by atoms with Gasteiger partial charge in [0.05, 0.1) is 0 Å². The predicted octanol–water partition coefficient (Wildman–Crippen LogP) is 9.90. The van der Waals surface area contributed by atoms with Crippen LogP contribution in [0.4, 0.5) is 11.4 Å². The standard InChI is InChI=1S/C44H50N2O/c1-9-46(10-2)40-21-17-37(18-22-40)42(41-25-11-31(3)27-33(41)5)29-35-13-15-36(16-14-35)30-44(47,43-26-12-32(4)28-34(43)6)38-19-23-39(24-20-38)45(7)8/h11-29,47H,9-10,30H2,1-8H3/b42-29+. The predicted molar refractivity (Wildman–Crippen MR) is 203 cm³/mol. The molecule has 0 fully saturated rings. The molecule has 5 aromatic carbocycles. The molecule has 0 aliphatic rings. The van der Waals surface area contributed by atoms with Gasteiger partial charge in [-0.3, -0.25) is 0 Å². The van der Waals surface area contributed by atoms with Gasteiger partial charge in [0.1, 0.15) is 5.60 Å². The molecule has 0 spiro atoms. The van der Waals surface area contributed by atoms with E-state index >= 15 is 0 Å². The summed E-state index contributed by atoms with van der Waals surface area (Å²) in [6.45, 7) is 14.9. The Hall–Kier alpha value is -4.60. The first kappa shape index (κ1) is 33.8. The van der Waals surface area contributed by atoms with Gasteiger partial charge < -0.3 is 14.9 Å². The lowest BCUT2D eigenvalue weighted by Gasteiger charge is -2.32. The zero-order chi connectivity index (χ0) is 33.7. The summed E-state index contributed by atoms with van der Waals surface area (Å²) in [5.41, 5.74) is 13.7. The van der Waals surface area contributed by atoms with Gasteiger partial charge in [-0.1, -0.05) is 96.1 Å². The van der Waals surface area contributed by atoms with E-state index in [1.807, 2.05) is 14.1 Å². The third kappa shape index (κ3) is 7.53. The maximum absolute atomic E-state index is 12.5. The minimum Gasteiger partial charge on any atom is -0.380 e. The molecule has 0 aromatic heterocycles. The van der Waals surface area contributed by atoms with Crippen molar-refractivity contribution in [3.8, 4) is 0 Å². The first-order valence-corrected chi connectivity index (χ1v) is 16.8. The Morgan fingerprint density at radius 3 is 1.79 bits per heavy atom. The molecule has 1 atom stereocenters. The Bertz CT molecular complexity index is 1830. The van der Waals surface area contributed by atoms with Crippen LogP contribution in [-0.2, 0) is 12.0 Å². The molecule has 3 nitrogen and oxygen atoms in total. The van der Waals surface area contributed by atoms with Crippen LogP contribution < -0.4 is 9.80 Å². The number of nitrogens with zero attached hydrogens (tertiary/aromatic N) is 2. The molecule has 0 aliphatic heterocycles. The van der Waals surface area contributed by atoms with Crippen molar-refractivity contribution in [1.82, 2.24) is 0 Å². The highest BCUT2D eigenvalue weighted by molar-refractivity contribution is 5.92. The van der Waals surface area contributed by atoms with Crippen LogP contribution in [0.25, 0.3) is 11.6 Å². The van der Waals surface area contributed by atoms with E-state index in [1.165, 1.54) is 39.1 Å². The SMILES string of the molecule is CCN(CC)c1ccc(/C(=C\c2ccc(CC(O)(c3ccc(N(C)C)cc3)c3ccc(C)cc3C)cc2)c2ccc(C)cc2C)cc1. The Morgan fingerprint density at radius 2 is 1.23 bits per heavy atom. The summed E-state index contributed by atoms with van der Waals surface area (Å²) in [6, 6.07) is 39.0. The number of hydrogen-bond donors (Lipinski definition) is 1. The van der Waals surface area contributed by atoms with Crippen LogP contribution in [-0.4, -0.2) is 32.3 Å². The van der Waals surface area contributed by atoms with Crippen LogP contribution in [0.5, 0.6) is 0 Å². The number of aliphatic hydroxyl groups is 1. The largest absolute Gasteiger partial charge is 0.380 e. The molecule has 0 saturated heterocycles. The highest BCUT2D eigenvalue weighted by atomic mass is 16.3. The van der Waals surface area contributed by atoms with Gasteiger partial charge in [0, 0.05) is 45.0 Å². The summed E-state index contributed by atoms with van der Waals surface area (Å²) in [6.07, 6.45) is 2.77. The third-order valence-electron chi connectivity index (χ3n) is 9.42. The fourth-order valence-electron chi connectivity index (χ4n) is 6.73. The van der Waals surface area contributed by atoms with Gasteiger partial charge in [0.15, 0.2) is 0 Å². The molecule has 3 heteroatoms. The van der Waals surface area contributed by atoms with E-state index in [4.69, 9.17) is 0 Å². The highest BCUT2D eigenvalue weighted by Gasteiger charge is 2.33. The first-order valence-electron chi connectivity index (χ1n) is 16.8. The minimum absolute atomic E-state index is 0.471. The van der Waals surface area contributed by atoms with Crippen LogP contribution in [0.2, 0.25) is 0 Å². The quantitative estimate of drug-likeness (QED) is 0.149. The molecule has 0 amide bonds. The van der Waals surface area contributed by atoms with Crippen LogP contribution in [0, 0.1) is 27.7 Å². The maximum Gasteiger partial charge on any atom is 0.119 e. The fourth-order valence-corrected chi connectivity index (χ4v) is 6.73. The molecule has 47 heavy (non-hydrogen) atoms. The monoisotopic (exact) mass is 622 g/mol. The molecule has 0 aliphatic carbocycles. The molecular formula is C44H50N2O. The van der Waals surface area contributed by atoms with E-state index in [1.54, 1.807) is 0 Å². The average Bonchev–Trinajstić information content (AvgIpc) is 3.05. The van der Waals surface area contributed by atoms with Gasteiger partial charge in [-0.25, -0.2) is 0 Å². The van der Waals surface area contributed by atoms with Gasteiger partial charge in [-0.2, -0.15) is 0 Å². The van der Waals surface area contributed by atoms with E-state index in [-0.39, 0.29) is 0 Å². The molecule has 1 unspecified atom stereocenters. The number of aryl methyl sites for hydroxylation is 4. The molecular weight excluding hydrogens is 572 g/mol. The Kier molecular flexibility index (Phi) is 10.4. The summed E-state index contributed by atoms with van der Waals surface area (Å²) < 4.78 is 0. The lowest BCUT2D eigenvalue weighted by Crippen LogP contribution is -2.31. The number of rotatable bonds is 11. The molecule has 0 saturated carbocycles. The van der Waals surface area contributed by atoms with E-state index in [0.717, 1.165) is 46.6 Å². The van der Waals surface area contributed by atoms with Crippen LogP contribution in [0.3, 0.4) is 0 Å². The normalized spacial score (nSPS) is 12.9. The van der Waals surface area contributed by atoms with Gasteiger partial charge in [0.25, 0.3) is 0 Å². The third-order valence-corrected chi connectivity index (χ3v) is 9.42. The summed E-state index contributed by atoms with van der Waals surface area (Å²) >= 11 is 0. The fraction of sp³-hybridized carbons (Fsp3) is 0.273. The smallest absolute Gasteiger partial charge is 0.119 e. The van der Waals surface area contributed by atoms with Crippen molar-refractivity contribution in [3.05, 3.63) is 165 Å². The highest BCUT2D eigenvalue weighted by Crippen LogP contribution is 2.37. The topological polar surface area (TPSA) is 26.7 Å². The molecule has 242 valence electrons. The van der Waals surface area contributed by atoms with Crippen LogP contribution in [0.15, 0.2) is 109 Å². The second-order valence-electron chi connectivity index (χ2n) is 13.1. The van der Waals surface area contributed by atoms with Gasteiger partial charge in [-0.15, -0.1) is 0 Å². The van der Waals surface area contributed by atoms with E-state index in [2.05, 4.69) is 167 Å². The van der Waals surface area contributed by atoms with Gasteiger partial charge in [-0.05, 0) is 122 Å². The maximum atomic E-state index is 12.5. The summed E-state index contributed by atoms with van der Waals surface area (Å²) in [5.74, 6) is 0. The van der Waals surface area contributed by atoms with Gasteiger partial charge >= 0.3 is 0 Å². The molecule has 0 radical (unpaired) electrons.